The molecule has 4 N–H and O–H groups in total. The Morgan fingerprint density at radius 2 is 1.67 bits per heavy atom. The van der Waals surface area contributed by atoms with Gasteiger partial charge in [-0.15, -0.1) is 0 Å². The summed E-state index contributed by atoms with van der Waals surface area (Å²) in [5.74, 6) is -1.19. The van der Waals surface area contributed by atoms with E-state index in [9.17, 15) is 30.1 Å². The Morgan fingerprint density at radius 3 is 2.18 bits per heavy atom. The zero-order valence-corrected chi connectivity index (χ0v) is 20.6. The third-order valence-corrected chi connectivity index (χ3v) is 4.19. The summed E-state index contributed by atoms with van der Waals surface area (Å²) in [5.41, 5.74) is 11.8. The summed E-state index contributed by atoms with van der Waals surface area (Å²) in [6.45, 7) is 3.70. The van der Waals surface area contributed by atoms with Gasteiger partial charge in [-0.3, -0.25) is 20.2 Å². The number of nitro groups is 2. The van der Waals surface area contributed by atoms with Crippen LogP contribution in [0.25, 0.3) is 0 Å². The van der Waals surface area contributed by atoms with Crippen molar-refractivity contribution >= 4 is 34.4 Å². The normalized spacial score (nSPS) is 9.73. The topological polar surface area (TPSA) is 191 Å². The molecule has 0 fully saturated rings. The van der Waals surface area contributed by atoms with Gasteiger partial charge in [0.05, 0.1) is 35.1 Å². The number of ether oxygens (including phenoxy) is 1. The maximum atomic E-state index is 10.3. The van der Waals surface area contributed by atoms with E-state index in [1.54, 1.807) is 0 Å². The quantitative estimate of drug-likeness (QED) is 0.131. The minimum Gasteiger partial charge on any atom is -0.548 e. The number of hydrogen-bond donors (Lipinski definition) is 2. The van der Waals surface area contributed by atoms with Crippen LogP contribution in [0.15, 0.2) is 42.5 Å². The van der Waals surface area contributed by atoms with Crippen LogP contribution in [0.5, 0.6) is 0 Å². The molecular formula is C20H26N5NaO7. The van der Waals surface area contributed by atoms with E-state index in [1.165, 1.54) is 0 Å². The summed E-state index contributed by atoms with van der Waals surface area (Å²) in [4.78, 5) is 31.5. The first-order valence-corrected chi connectivity index (χ1v) is 9.72. The Bertz CT molecular complexity index is 912. The zero-order chi connectivity index (χ0) is 24.1. The number of hydrogen-bond acceptors (Lipinski definition) is 10. The number of nitrogens with zero attached hydrogens (tertiary/aromatic N) is 3. The molecule has 174 valence electrons. The molecule has 0 bridgehead atoms. The Hall–Kier alpha value is -2.93. The number of anilines is 3. The van der Waals surface area contributed by atoms with E-state index in [2.05, 4.69) is 11.8 Å². The van der Waals surface area contributed by atoms with E-state index in [4.69, 9.17) is 16.2 Å². The van der Waals surface area contributed by atoms with E-state index in [0.29, 0.717) is 13.2 Å². The van der Waals surface area contributed by atoms with Gasteiger partial charge in [-0.2, -0.15) is 0 Å². The number of nitrogens with two attached hydrogens (primary N) is 2. The second-order valence-electron chi connectivity index (χ2n) is 6.61. The van der Waals surface area contributed by atoms with Crippen molar-refractivity contribution in [2.45, 2.75) is 19.8 Å². The van der Waals surface area contributed by atoms with Crippen molar-refractivity contribution in [3.63, 3.8) is 0 Å². The number of carboxylic acid groups (broad SMARTS) is 1. The van der Waals surface area contributed by atoms with Gasteiger partial charge < -0.3 is 31.0 Å². The molecule has 0 spiro atoms. The number of carboxylic acids is 1. The SMILES string of the molecule is CCCCN(CCOCC(=O)[O-])c1ccc(N)cc1.Nc1ccc([N+](=O)[O-])cc1[N+](=O)[O-].[Na+]. The standard InChI is InChI=1S/C14H22N2O3.C6H5N3O4.Na/c1-2-3-8-16(9-10-19-11-14(17)18)13-6-4-12(15)5-7-13;7-5-2-1-4(8(10)11)3-6(5)9(12)13;/h4-7H,2-3,8-11,15H2,1H3,(H,17,18);1-3H,7H2;/q;;+1/p-1. The summed E-state index contributed by atoms with van der Waals surface area (Å²) >= 11 is 0. The second-order valence-corrected chi connectivity index (χ2v) is 6.61. The third-order valence-electron chi connectivity index (χ3n) is 4.19. The first kappa shape index (κ1) is 30.1. The number of aliphatic carboxylic acids is 1. The van der Waals surface area contributed by atoms with Gasteiger partial charge in [0, 0.05) is 30.5 Å². The number of carbonyl (C=O) groups is 1. The molecule has 0 saturated carbocycles. The van der Waals surface area contributed by atoms with Gasteiger partial charge in [0.2, 0.25) is 0 Å². The van der Waals surface area contributed by atoms with Gasteiger partial charge in [0.15, 0.2) is 0 Å². The fraction of sp³-hybridized carbons (Fsp3) is 0.350. The van der Waals surface area contributed by atoms with Crippen molar-refractivity contribution in [1.29, 1.82) is 0 Å². The molecule has 0 aliphatic heterocycles. The summed E-state index contributed by atoms with van der Waals surface area (Å²) in [7, 11) is 0. The molecule has 0 unspecified atom stereocenters. The van der Waals surface area contributed by atoms with Gasteiger partial charge in [0.1, 0.15) is 5.69 Å². The number of non-ortho nitro benzene ring substituents is 1. The van der Waals surface area contributed by atoms with Gasteiger partial charge in [-0.05, 0) is 36.8 Å². The van der Waals surface area contributed by atoms with Crippen LogP contribution in [0.3, 0.4) is 0 Å². The molecule has 13 heteroatoms. The van der Waals surface area contributed by atoms with E-state index >= 15 is 0 Å². The van der Waals surface area contributed by atoms with Crippen molar-refractivity contribution in [3.05, 3.63) is 62.7 Å². The summed E-state index contributed by atoms with van der Waals surface area (Å²) < 4.78 is 5.02. The average Bonchev–Trinajstić information content (AvgIpc) is 2.74. The summed E-state index contributed by atoms with van der Waals surface area (Å²) in [6.07, 6.45) is 2.18. The maximum absolute atomic E-state index is 10.3. The van der Waals surface area contributed by atoms with Crippen molar-refractivity contribution in [1.82, 2.24) is 0 Å². The predicted molar refractivity (Wildman–Crippen MR) is 118 cm³/mol. The smallest absolute Gasteiger partial charge is 0.548 e. The van der Waals surface area contributed by atoms with Crippen molar-refractivity contribution < 1.29 is 54.0 Å². The molecule has 2 rings (SSSR count). The Morgan fingerprint density at radius 1 is 1.03 bits per heavy atom. The van der Waals surface area contributed by atoms with Crippen LogP contribution in [0, 0.1) is 20.2 Å². The average molecular weight is 471 g/mol. The largest absolute Gasteiger partial charge is 1.00 e. The van der Waals surface area contributed by atoms with E-state index in [0.717, 1.165) is 49.0 Å². The molecule has 12 nitrogen and oxygen atoms in total. The van der Waals surface area contributed by atoms with Gasteiger partial charge in [-0.25, -0.2) is 0 Å². The first-order chi connectivity index (χ1) is 15.1. The van der Waals surface area contributed by atoms with Crippen molar-refractivity contribution in [2.75, 3.05) is 42.7 Å². The Labute approximate surface area is 213 Å². The van der Waals surface area contributed by atoms with E-state index in [-0.39, 0.29) is 47.5 Å². The minimum absolute atomic E-state index is 0. The monoisotopic (exact) mass is 471 g/mol. The fourth-order valence-electron chi connectivity index (χ4n) is 2.54. The van der Waals surface area contributed by atoms with E-state index in [1.807, 2.05) is 24.3 Å². The van der Waals surface area contributed by atoms with Crippen LogP contribution >= 0.6 is 0 Å². The molecule has 0 atom stereocenters. The molecule has 0 radical (unpaired) electrons. The zero-order valence-electron chi connectivity index (χ0n) is 18.6. The van der Waals surface area contributed by atoms with E-state index < -0.39 is 21.5 Å². The molecule has 0 heterocycles. The molecule has 0 aliphatic carbocycles. The second kappa shape index (κ2) is 15.8. The number of nitro benzene ring substituents is 2. The maximum Gasteiger partial charge on any atom is 1.00 e. The van der Waals surface area contributed by atoms with Crippen LogP contribution in [-0.2, 0) is 9.53 Å². The molecule has 0 saturated heterocycles. The molecule has 2 aromatic carbocycles. The third kappa shape index (κ3) is 11.5. The summed E-state index contributed by atoms with van der Waals surface area (Å²) in [5, 5.41) is 30.8. The molecule has 0 aromatic heterocycles. The molecule has 0 amide bonds. The molecule has 33 heavy (non-hydrogen) atoms. The Balaban J connectivity index is 0.000000642. The first-order valence-electron chi connectivity index (χ1n) is 9.72. The number of unbranched alkanes of at least 4 members (excludes halogenated alkanes) is 1. The minimum atomic E-state index is -1.19. The van der Waals surface area contributed by atoms with Gasteiger partial charge >= 0.3 is 29.6 Å². The molecule has 2 aromatic rings. The number of carbonyl (C=O) groups excluding carboxylic acids is 1. The number of rotatable bonds is 11. The number of nitrogen functional groups attached to an aromatic ring is 2. The van der Waals surface area contributed by atoms with Gasteiger partial charge in [-0.1, -0.05) is 13.3 Å². The van der Waals surface area contributed by atoms with Gasteiger partial charge in [0.25, 0.3) is 11.4 Å². The van der Waals surface area contributed by atoms with Crippen molar-refractivity contribution in [3.8, 4) is 0 Å². The van der Waals surface area contributed by atoms with Crippen LogP contribution < -0.4 is 51.0 Å². The number of benzene rings is 2. The molecular weight excluding hydrogens is 445 g/mol. The van der Waals surface area contributed by atoms with Crippen LogP contribution in [0.1, 0.15) is 19.8 Å². The van der Waals surface area contributed by atoms with Crippen molar-refractivity contribution in [2.24, 2.45) is 0 Å². The summed E-state index contributed by atoms with van der Waals surface area (Å²) in [6, 6.07) is 10.7. The van der Waals surface area contributed by atoms with Crippen LogP contribution in [-0.4, -0.2) is 42.1 Å². The Kier molecular flexibility index (Phi) is 14.4. The predicted octanol–water partition coefficient (Wildman–Crippen LogP) is -1.27. The van der Waals surface area contributed by atoms with Crippen LogP contribution in [0.2, 0.25) is 0 Å². The van der Waals surface area contributed by atoms with Crippen LogP contribution in [0.4, 0.5) is 28.4 Å². The fourth-order valence-corrected chi connectivity index (χ4v) is 2.54. The molecule has 0 aliphatic rings.